The number of anilines is 2. The number of amides is 1. The molecule has 24 heavy (non-hydrogen) atoms. The smallest absolute Gasteiger partial charge is 0.407 e. The molecular weight excluding hydrogens is 332 g/mol. The fraction of sp³-hybridized carbons (Fsp3) is 0.667. The number of hydrogen-bond donors (Lipinski definition) is 2. The van der Waals surface area contributed by atoms with Gasteiger partial charge < -0.3 is 25.4 Å². The van der Waals surface area contributed by atoms with E-state index in [4.69, 9.17) is 15.2 Å². The molecule has 1 atom stereocenters. The molecule has 134 valence electrons. The lowest BCUT2D eigenvalue weighted by atomic mass is 10.1. The summed E-state index contributed by atoms with van der Waals surface area (Å²) in [5.41, 5.74) is 5.26. The summed E-state index contributed by atoms with van der Waals surface area (Å²) < 4.78 is 9.99. The first-order valence-corrected chi connectivity index (χ1v) is 8.60. The van der Waals surface area contributed by atoms with Crippen LogP contribution >= 0.6 is 11.3 Å². The molecule has 1 amide bonds. The minimum absolute atomic E-state index is 0.0414. The lowest BCUT2D eigenvalue weighted by Gasteiger charge is -2.33. The number of rotatable bonds is 3. The maximum atomic E-state index is 11.9. The lowest BCUT2D eigenvalue weighted by Crippen LogP contribution is -2.49. The molecule has 1 fully saturated rings. The van der Waals surface area contributed by atoms with Gasteiger partial charge in [0.15, 0.2) is 15.8 Å². The molecule has 1 aromatic heterocycles. The molecule has 3 N–H and O–H groups in total. The zero-order chi connectivity index (χ0) is 17.9. The molecule has 2 rings (SSSR count). The van der Waals surface area contributed by atoms with Crippen LogP contribution in [0.5, 0.6) is 0 Å². The van der Waals surface area contributed by atoms with E-state index >= 15 is 0 Å². The molecule has 2 heterocycles. The maximum absolute atomic E-state index is 11.9. The number of carbonyl (C=O) groups excluding carboxylic acids is 2. The Bertz CT molecular complexity index is 611. The molecule has 1 aromatic rings. The van der Waals surface area contributed by atoms with Crippen molar-refractivity contribution in [3.05, 3.63) is 4.88 Å². The van der Waals surface area contributed by atoms with Crippen LogP contribution in [0, 0.1) is 0 Å². The van der Waals surface area contributed by atoms with E-state index in [1.54, 1.807) is 0 Å². The van der Waals surface area contributed by atoms with Crippen molar-refractivity contribution in [2.24, 2.45) is 0 Å². The predicted molar refractivity (Wildman–Crippen MR) is 92.5 cm³/mol. The Hall–Kier alpha value is -2.03. The van der Waals surface area contributed by atoms with Crippen LogP contribution in [-0.2, 0) is 9.47 Å². The Labute approximate surface area is 145 Å². The van der Waals surface area contributed by atoms with Gasteiger partial charge in [0.2, 0.25) is 0 Å². The van der Waals surface area contributed by atoms with Crippen molar-refractivity contribution < 1.29 is 19.1 Å². The van der Waals surface area contributed by atoms with E-state index in [-0.39, 0.29) is 11.9 Å². The Morgan fingerprint density at radius 3 is 2.75 bits per heavy atom. The fourth-order valence-electron chi connectivity index (χ4n) is 2.44. The second-order valence-electron chi connectivity index (χ2n) is 6.63. The number of ether oxygens (including phenoxy) is 2. The summed E-state index contributed by atoms with van der Waals surface area (Å²) in [6.07, 6.45) is 1.33. The minimum atomic E-state index is -0.530. The van der Waals surface area contributed by atoms with Crippen LogP contribution in [0.3, 0.4) is 0 Å². The van der Waals surface area contributed by atoms with Crippen molar-refractivity contribution >= 4 is 34.3 Å². The highest BCUT2D eigenvalue weighted by Crippen LogP contribution is 2.30. The highest BCUT2D eigenvalue weighted by atomic mass is 32.1. The number of nitrogens with two attached hydrogens (primary N) is 1. The number of methoxy groups -OCH3 is 1. The number of esters is 1. The van der Waals surface area contributed by atoms with Crippen LogP contribution < -0.4 is 16.0 Å². The van der Waals surface area contributed by atoms with Crippen LogP contribution in [0.4, 0.5) is 15.7 Å². The van der Waals surface area contributed by atoms with Gasteiger partial charge in [0.25, 0.3) is 0 Å². The Morgan fingerprint density at radius 2 is 2.12 bits per heavy atom. The van der Waals surface area contributed by atoms with E-state index < -0.39 is 17.7 Å². The van der Waals surface area contributed by atoms with Gasteiger partial charge in [0.05, 0.1) is 7.11 Å². The maximum Gasteiger partial charge on any atom is 0.407 e. The SMILES string of the molecule is COC(=O)c1sc(N2CCCC(NC(=O)OC(C)(C)C)C2)nc1N. The molecule has 0 saturated carbocycles. The van der Waals surface area contributed by atoms with Crippen LogP contribution in [0.25, 0.3) is 0 Å². The molecule has 8 nitrogen and oxygen atoms in total. The van der Waals surface area contributed by atoms with Crippen LogP contribution in [0.2, 0.25) is 0 Å². The summed E-state index contributed by atoms with van der Waals surface area (Å²) in [5, 5.41) is 3.54. The highest BCUT2D eigenvalue weighted by Gasteiger charge is 2.27. The van der Waals surface area contributed by atoms with Crippen LogP contribution in [0.1, 0.15) is 43.3 Å². The summed E-state index contributed by atoms with van der Waals surface area (Å²) in [6.45, 7) is 6.86. The molecule has 1 aliphatic heterocycles. The predicted octanol–water partition coefficient (Wildman–Crippen LogP) is 2.01. The summed E-state index contributed by atoms with van der Waals surface area (Å²) in [4.78, 5) is 30.1. The number of nitrogens with zero attached hydrogens (tertiary/aromatic N) is 2. The van der Waals surface area contributed by atoms with E-state index in [0.717, 1.165) is 19.4 Å². The Balaban J connectivity index is 2.00. The van der Waals surface area contributed by atoms with Crippen molar-refractivity contribution in [2.75, 3.05) is 30.8 Å². The lowest BCUT2D eigenvalue weighted by molar-refractivity contribution is 0.0499. The Morgan fingerprint density at radius 1 is 1.42 bits per heavy atom. The van der Waals surface area contributed by atoms with Gasteiger partial charge >= 0.3 is 12.1 Å². The van der Waals surface area contributed by atoms with Crippen molar-refractivity contribution in [2.45, 2.75) is 45.3 Å². The average Bonchev–Trinajstić information content (AvgIpc) is 2.86. The monoisotopic (exact) mass is 356 g/mol. The van der Waals surface area contributed by atoms with Gasteiger partial charge in [-0.05, 0) is 33.6 Å². The van der Waals surface area contributed by atoms with Crippen molar-refractivity contribution in [1.82, 2.24) is 10.3 Å². The van der Waals surface area contributed by atoms with Gasteiger partial charge in [-0.15, -0.1) is 0 Å². The third-order valence-electron chi connectivity index (χ3n) is 3.43. The number of thiazole rings is 1. The molecule has 0 radical (unpaired) electrons. The zero-order valence-electron chi connectivity index (χ0n) is 14.4. The third-order valence-corrected chi connectivity index (χ3v) is 4.54. The second-order valence-corrected chi connectivity index (χ2v) is 7.61. The van der Waals surface area contributed by atoms with Crippen molar-refractivity contribution in [1.29, 1.82) is 0 Å². The molecule has 9 heteroatoms. The molecule has 0 bridgehead atoms. The number of alkyl carbamates (subject to hydrolysis) is 1. The van der Waals surface area contributed by atoms with Gasteiger partial charge in [-0.2, -0.15) is 0 Å². The fourth-order valence-corrected chi connectivity index (χ4v) is 3.38. The van der Waals surface area contributed by atoms with Gasteiger partial charge in [-0.25, -0.2) is 14.6 Å². The summed E-state index contributed by atoms with van der Waals surface area (Å²) >= 11 is 1.20. The van der Waals surface area contributed by atoms with E-state index in [2.05, 4.69) is 10.3 Å². The highest BCUT2D eigenvalue weighted by molar-refractivity contribution is 7.18. The first-order valence-electron chi connectivity index (χ1n) is 7.78. The van der Waals surface area contributed by atoms with E-state index in [1.807, 2.05) is 25.7 Å². The molecule has 1 saturated heterocycles. The summed E-state index contributed by atoms with van der Waals surface area (Å²) in [6, 6.07) is -0.0414. The summed E-state index contributed by atoms with van der Waals surface area (Å²) in [7, 11) is 1.31. The number of aromatic nitrogens is 1. The summed E-state index contributed by atoms with van der Waals surface area (Å²) in [5.74, 6) is -0.319. The van der Waals surface area contributed by atoms with Crippen LogP contribution in [0.15, 0.2) is 0 Å². The minimum Gasteiger partial charge on any atom is -0.465 e. The molecule has 1 aliphatic rings. The largest absolute Gasteiger partial charge is 0.465 e. The van der Waals surface area contributed by atoms with Gasteiger partial charge in [0.1, 0.15) is 5.60 Å². The molecular formula is C15H24N4O4S. The van der Waals surface area contributed by atoms with E-state index in [1.165, 1.54) is 18.4 Å². The van der Waals surface area contributed by atoms with E-state index in [0.29, 0.717) is 16.6 Å². The Kier molecular flexibility index (Phi) is 5.53. The van der Waals surface area contributed by atoms with Gasteiger partial charge in [-0.1, -0.05) is 11.3 Å². The standard InChI is InChI=1S/C15H24N4O4S/c1-15(2,3)23-14(21)17-9-6-5-7-19(8-9)13-18-11(16)10(24-13)12(20)22-4/h9H,5-8,16H2,1-4H3,(H,17,21). The number of carbonyl (C=O) groups is 2. The average molecular weight is 356 g/mol. The number of nitrogen functional groups attached to an aromatic ring is 1. The molecule has 0 aliphatic carbocycles. The second kappa shape index (κ2) is 7.25. The quantitative estimate of drug-likeness (QED) is 0.798. The number of nitrogens with one attached hydrogen (secondary N) is 1. The topological polar surface area (TPSA) is 107 Å². The van der Waals surface area contributed by atoms with E-state index in [9.17, 15) is 9.59 Å². The third kappa shape index (κ3) is 4.73. The zero-order valence-corrected chi connectivity index (χ0v) is 15.2. The van der Waals surface area contributed by atoms with Gasteiger partial charge in [-0.3, -0.25) is 0 Å². The van der Waals surface area contributed by atoms with Gasteiger partial charge in [0, 0.05) is 19.1 Å². The number of hydrogen-bond acceptors (Lipinski definition) is 8. The molecule has 0 aromatic carbocycles. The van der Waals surface area contributed by atoms with Crippen molar-refractivity contribution in [3.63, 3.8) is 0 Å². The first kappa shape index (κ1) is 18.3. The normalized spacial score (nSPS) is 18.2. The molecule has 0 spiro atoms. The van der Waals surface area contributed by atoms with Crippen molar-refractivity contribution in [3.8, 4) is 0 Å². The van der Waals surface area contributed by atoms with Crippen LogP contribution in [-0.4, -0.2) is 48.9 Å². The first-order chi connectivity index (χ1) is 11.2. The number of piperidine rings is 1. The molecule has 1 unspecified atom stereocenters.